The van der Waals surface area contributed by atoms with Gasteiger partial charge in [-0.3, -0.25) is 4.74 Å². The van der Waals surface area contributed by atoms with Crippen LogP contribution in [0.4, 0.5) is 83.4 Å². The molecule has 0 aromatic carbocycles. The number of hydrogen-bond acceptors (Lipinski definition) is 9. The Balaban J connectivity index is 6.87. The highest BCUT2D eigenvalue weighted by Gasteiger charge is 2.78. The molecule has 0 bridgehead atoms. The van der Waals surface area contributed by atoms with E-state index in [0.29, 0.717) is 0 Å². The van der Waals surface area contributed by atoms with Crippen molar-refractivity contribution >= 4 is 17.9 Å². The molecule has 0 N–H and O–H groups in total. The Labute approximate surface area is 275 Å². The van der Waals surface area contributed by atoms with E-state index in [0.717, 1.165) is 0 Å². The molecule has 0 saturated carbocycles. The molecule has 302 valence electrons. The zero-order valence-electron chi connectivity index (χ0n) is 24.7. The largest absolute Gasteiger partial charge is 0.456 e. The van der Waals surface area contributed by atoms with Crippen molar-refractivity contribution in [3.05, 3.63) is 38.0 Å². The zero-order valence-corrected chi connectivity index (χ0v) is 24.7. The van der Waals surface area contributed by atoms with Crippen LogP contribution in [0, 0.1) is 0 Å². The van der Waals surface area contributed by atoms with Crippen molar-refractivity contribution < 1.29 is 126 Å². The Bertz CT molecular complexity index is 1250. The lowest BCUT2D eigenvalue weighted by molar-refractivity contribution is -0.470. The van der Waals surface area contributed by atoms with Crippen LogP contribution in [0.25, 0.3) is 0 Å². The van der Waals surface area contributed by atoms with Gasteiger partial charge in [0, 0.05) is 18.2 Å². The van der Waals surface area contributed by atoms with E-state index in [-0.39, 0.29) is 18.2 Å². The summed E-state index contributed by atoms with van der Waals surface area (Å²) in [6.07, 6.45) is -21.6. The van der Waals surface area contributed by atoms with Gasteiger partial charge in [-0.1, -0.05) is 19.7 Å². The summed E-state index contributed by atoms with van der Waals surface area (Å²) in [5.74, 6) is -53.1. The second-order valence-corrected chi connectivity index (χ2v) is 9.38. The number of rotatable bonds is 23. The fraction of sp³-hybridized carbons (Fsp3) is 0.625. The molecular formula is C24H19F19O9. The van der Waals surface area contributed by atoms with Gasteiger partial charge in [0.1, 0.15) is 13.2 Å². The highest BCUT2D eigenvalue weighted by Crippen LogP contribution is 2.51. The Kier molecular flexibility index (Phi) is 14.9. The van der Waals surface area contributed by atoms with Gasteiger partial charge in [0.05, 0.1) is 0 Å². The van der Waals surface area contributed by atoms with E-state index in [1.54, 1.807) is 0 Å². The van der Waals surface area contributed by atoms with Crippen LogP contribution in [-0.4, -0.2) is 111 Å². The minimum Gasteiger partial charge on any atom is -0.456 e. The molecule has 0 aliphatic rings. The number of alkyl halides is 19. The highest BCUT2D eigenvalue weighted by atomic mass is 19.4. The maximum atomic E-state index is 15.3. The van der Waals surface area contributed by atoms with Gasteiger partial charge in [-0.15, -0.1) is 0 Å². The van der Waals surface area contributed by atoms with Gasteiger partial charge in [-0.2, -0.15) is 79.0 Å². The van der Waals surface area contributed by atoms with Gasteiger partial charge in [-0.05, 0) is 0 Å². The SMILES string of the molecule is C=CC(=O)OCC(F)(F)C(F)(F)C(F)(F)OCC(F)(COC(F)(F)C(F)(F)C(F)(F)COC(=O)C=C)OC(F)(F)C(F)(F)C(F)(F)COC(=O)C=C. The fourth-order valence-electron chi connectivity index (χ4n) is 2.55. The van der Waals surface area contributed by atoms with Crippen LogP contribution in [0.15, 0.2) is 38.0 Å². The lowest BCUT2D eigenvalue weighted by atomic mass is 10.1. The summed E-state index contributed by atoms with van der Waals surface area (Å²) in [5, 5.41) is 0. The van der Waals surface area contributed by atoms with Crippen LogP contribution in [0.5, 0.6) is 0 Å². The molecule has 0 fully saturated rings. The molecule has 0 spiro atoms. The number of ether oxygens (including phenoxy) is 6. The normalized spacial score (nSPS) is 14.4. The molecule has 0 aliphatic heterocycles. The molecule has 0 atom stereocenters. The molecule has 0 aromatic heterocycles. The summed E-state index contributed by atoms with van der Waals surface area (Å²) >= 11 is 0. The van der Waals surface area contributed by atoms with Crippen molar-refractivity contribution in [3.8, 4) is 0 Å². The lowest BCUT2D eigenvalue weighted by Gasteiger charge is -2.38. The lowest BCUT2D eigenvalue weighted by Crippen LogP contribution is -2.63. The molecule has 0 aliphatic carbocycles. The van der Waals surface area contributed by atoms with Gasteiger partial charge in [-0.25, -0.2) is 18.8 Å². The average Bonchev–Trinajstić information content (AvgIpc) is 3.02. The standard InChI is InChI=1S/C24H19F19O9/c1-4-12(44)47-9-16(26,27)19(32,33)22(38,39)50-7-15(25,52-24(42,43)21(36,37)18(30,31)11-49-14(46)6-3)8-51-23(40,41)20(34,35)17(28,29)10-48-13(45)5-2/h4-6H,1-3,7-11H2. The summed E-state index contributed by atoms with van der Waals surface area (Å²) < 4.78 is 285. The number of carbonyl (C=O) groups is 3. The van der Waals surface area contributed by atoms with Crippen LogP contribution in [0.2, 0.25) is 0 Å². The third-order valence-electron chi connectivity index (χ3n) is 5.41. The first-order valence-electron chi connectivity index (χ1n) is 12.4. The molecule has 28 heteroatoms. The van der Waals surface area contributed by atoms with Crippen molar-refractivity contribution in [2.75, 3.05) is 33.0 Å². The molecule has 0 heterocycles. The van der Waals surface area contributed by atoms with Crippen LogP contribution in [0.3, 0.4) is 0 Å². The Morgan fingerprint density at radius 1 is 0.404 bits per heavy atom. The quantitative estimate of drug-likeness (QED) is 0.0497. The number of carbonyl (C=O) groups excluding carboxylic acids is 3. The summed E-state index contributed by atoms with van der Waals surface area (Å²) in [5.41, 5.74) is 0. The Morgan fingerprint density at radius 3 is 0.865 bits per heavy atom. The van der Waals surface area contributed by atoms with E-state index in [4.69, 9.17) is 0 Å². The first kappa shape index (κ1) is 48.2. The van der Waals surface area contributed by atoms with E-state index >= 15 is 4.39 Å². The molecular weight excluding hydrogens is 793 g/mol. The van der Waals surface area contributed by atoms with E-state index in [1.165, 1.54) is 0 Å². The fourth-order valence-corrected chi connectivity index (χ4v) is 2.55. The van der Waals surface area contributed by atoms with Gasteiger partial charge in [0.25, 0.3) is 5.85 Å². The Hall–Kier alpha value is -3.82. The molecule has 0 unspecified atom stereocenters. The van der Waals surface area contributed by atoms with Crippen molar-refractivity contribution in [2.24, 2.45) is 0 Å². The monoisotopic (exact) mass is 812 g/mol. The summed E-state index contributed by atoms with van der Waals surface area (Å²) in [6.45, 7) is -9.20. The molecule has 0 rings (SSSR count). The van der Waals surface area contributed by atoms with E-state index in [9.17, 15) is 93.4 Å². The van der Waals surface area contributed by atoms with Crippen molar-refractivity contribution in [3.63, 3.8) is 0 Å². The topological polar surface area (TPSA) is 107 Å². The Morgan fingerprint density at radius 2 is 0.635 bits per heavy atom. The summed E-state index contributed by atoms with van der Waals surface area (Å²) in [7, 11) is 0. The van der Waals surface area contributed by atoms with Crippen molar-refractivity contribution in [1.29, 1.82) is 0 Å². The number of hydrogen-bond donors (Lipinski definition) is 0. The number of halogens is 19. The molecule has 0 aromatic rings. The minimum absolute atomic E-state index is 0.00357. The van der Waals surface area contributed by atoms with Gasteiger partial charge in [0.2, 0.25) is 0 Å². The van der Waals surface area contributed by atoms with Crippen molar-refractivity contribution in [1.82, 2.24) is 0 Å². The van der Waals surface area contributed by atoms with Crippen LogP contribution < -0.4 is 0 Å². The zero-order chi connectivity index (χ0) is 41.6. The first-order chi connectivity index (χ1) is 23.0. The summed E-state index contributed by atoms with van der Waals surface area (Å²) in [6, 6.07) is 0. The van der Waals surface area contributed by atoms with Crippen LogP contribution in [-0.2, 0) is 42.8 Å². The third-order valence-corrected chi connectivity index (χ3v) is 5.41. The maximum Gasteiger partial charge on any atom is 0.428 e. The van der Waals surface area contributed by atoms with Crippen LogP contribution in [0.1, 0.15) is 0 Å². The summed E-state index contributed by atoms with van der Waals surface area (Å²) in [4.78, 5) is 32.5. The molecule has 0 radical (unpaired) electrons. The second kappa shape index (κ2) is 16.0. The van der Waals surface area contributed by atoms with Gasteiger partial charge < -0.3 is 23.7 Å². The molecule has 9 nitrogen and oxygen atoms in total. The van der Waals surface area contributed by atoms with Gasteiger partial charge in [0.15, 0.2) is 19.8 Å². The van der Waals surface area contributed by atoms with E-state index < -0.39 is 111 Å². The van der Waals surface area contributed by atoms with E-state index in [2.05, 4.69) is 48.2 Å². The predicted octanol–water partition coefficient (Wildman–Crippen LogP) is 6.48. The van der Waals surface area contributed by atoms with Gasteiger partial charge >= 0.3 is 71.8 Å². The highest BCUT2D eigenvalue weighted by molar-refractivity contribution is 5.81. The average molecular weight is 812 g/mol. The third kappa shape index (κ3) is 10.6. The molecule has 52 heavy (non-hydrogen) atoms. The first-order valence-corrected chi connectivity index (χ1v) is 12.4. The predicted molar refractivity (Wildman–Crippen MR) is 125 cm³/mol. The minimum atomic E-state index is -7.42. The molecule has 0 saturated heterocycles. The second-order valence-electron chi connectivity index (χ2n) is 9.38. The number of esters is 3. The smallest absolute Gasteiger partial charge is 0.428 e. The van der Waals surface area contributed by atoms with E-state index in [1.807, 2.05) is 0 Å². The van der Waals surface area contributed by atoms with Crippen molar-refractivity contribution in [2.45, 2.75) is 59.7 Å². The van der Waals surface area contributed by atoms with Crippen LogP contribution >= 0.6 is 0 Å². The maximum absolute atomic E-state index is 15.3. The molecule has 0 amide bonds.